The molecule has 0 aromatic carbocycles. The monoisotopic (exact) mass is 250 g/mol. The van der Waals surface area contributed by atoms with Crippen LogP contribution in [0.25, 0.3) is 0 Å². The molecule has 0 atom stereocenters. The minimum Gasteiger partial charge on any atom is -0.465 e. The van der Waals surface area contributed by atoms with Gasteiger partial charge in [-0.15, -0.1) is 0 Å². The highest BCUT2D eigenvalue weighted by molar-refractivity contribution is 5.05. The Morgan fingerprint density at radius 3 is 2.44 bits per heavy atom. The van der Waals surface area contributed by atoms with E-state index in [0.29, 0.717) is 11.6 Å². The van der Waals surface area contributed by atoms with E-state index in [9.17, 15) is 0 Å². The third-order valence-electron chi connectivity index (χ3n) is 3.80. The van der Waals surface area contributed by atoms with Crippen molar-refractivity contribution < 1.29 is 4.42 Å². The summed E-state index contributed by atoms with van der Waals surface area (Å²) in [4.78, 5) is 2.57. The molecule has 3 heteroatoms. The molecule has 18 heavy (non-hydrogen) atoms. The van der Waals surface area contributed by atoms with Crippen LogP contribution >= 0.6 is 0 Å². The molecule has 1 N–H and O–H groups in total. The lowest BCUT2D eigenvalue weighted by molar-refractivity contribution is 0.0956. The Kier molecular flexibility index (Phi) is 4.13. The summed E-state index contributed by atoms with van der Waals surface area (Å²) in [5.74, 6) is 2.04. The SMILES string of the molecule is Cc1ccc(CNC2CCN(C(C)(C)C)CC2)o1. The van der Waals surface area contributed by atoms with Crippen LogP contribution in [0.1, 0.15) is 45.1 Å². The van der Waals surface area contributed by atoms with E-state index in [4.69, 9.17) is 4.42 Å². The Morgan fingerprint density at radius 2 is 1.94 bits per heavy atom. The van der Waals surface area contributed by atoms with Gasteiger partial charge in [-0.1, -0.05) is 0 Å². The summed E-state index contributed by atoms with van der Waals surface area (Å²) < 4.78 is 5.58. The second kappa shape index (κ2) is 5.45. The zero-order chi connectivity index (χ0) is 13.2. The van der Waals surface area contributed by atoms with Crippen molar-refractivity contribution in [2.45, 2.75) is 58.7 Å². The number of piperidine rings is 1. The van der Waals surface area contributed by atoms with Crippen LogP contribution in [-0.2, 0) is 6.54 Å². The van der Waals surface area contributed by atoms with Crippen molar-refractivity contribution in [1.29, 1.82) is 0 Å². The zero-order valence-electron chi connectivity index (χ0n) is 12.1. The number of nitrogens with one attached hydrogen (secondary N) is 1. The molecule has 0 radical (unpaired) electrons. The number of furan rings is 1. The Hall–Kier alpha value is -0.800. The van der Waals surface area contributed by atoms with Gasteiger partial charge in [0.2, 0.25) is 0 Å². The van der Waals surface area contributed by atoms with Crippen molar-refractivity contribution in [2.75, 3.05) is 13.1 Å². The molecule has 0 aliphatic carbocycles. The highest BCUT2D eigenvalue weighted by Gasteiger charge is 2.26. The van der Waals surface area contributed by atoms with Gasteiger partial charge in [-0.2, -0.15) is 0 Å². The van der Waals surface area contributed by atoms with E-state index in [1.54, 1.807) is 0 Å². The number of hydrogen-bond acceptors (Lipinski definition) is 3. The third kappa shape index (κ3) is 3.59. The van der Waals surface area contributed by atoms with Gasteiger partial charge in [0.15, 0.2) is 0 Å². The average molecular weight is 250 g/mol. The fourth-order valence-electron chi connectivity index (χ4n) is 2.58. The number of rotatable bonds is 3. The van der Waals surface area contributed by atoms with Gasteiger partial charge in [0, 0.05) is 24.7 Å². The Balaban J connectivity index is 1.74. The lowest BCUT2D eigenvalue weighted by atomic mass is 9.98. The largest absolute Gasteiger partial charge is 0.465 e. The molecule has 1 aliphatic rings. The highest BCUT2D eigenvalue weighted by atomic mass is 16.3. The van der Waals surface area contributed by atoms with Crippen LogP contribution in [-0.4, -0.2) is 29.6 Å². The fraction of sp³-hybridized carbons (Fsp3) is 0.733. The van der Waals surface area contributed by atoms with Crippen molar-refractivity contribution in [2.24, 2.45) is 0 Å². The smallest absolute Gasteiger partial charge is 0.117 e. The minimum atomic E-state index is 0.309. The van der Waals surface area contributed by atoms with Gasteiger partial charge in [-0.25, -0.2) is 0 Å². The van der Waals surface area contributed by atoms with Crippen LogP contribution in [0.2, 0.25) is 0 Å². The van der Waals surface area contributed by atoms with Gasteiger partial charge in [-0.3, -0.25) is 4.90 Å². The van der Waals surface area contributed by atoms with Gasteiger partial charge in [-0.05, 0) is 52.7 Å². The van der Waals surface area contributed by atoms with Crippen LogP contribution in [0, 0.1) is 6.92 Å². The maximum atomic E-state index is 5.58. The third-order valence-corrected chi connectivity index (χ3v) is 3.80. The first-order valence-electron chi connectivity index (χ1n) is 6.99. The molecule has 1 saturated heterocycles. The molecule has 102 valence electrons. The first-order valence-corrected chi connectivity index (χ1v) is 6.99. The lowest BCUT2D eigenvalue weighted by Gasteiger charge is -2.41. The topological polar surface area (TPSA) is 28.4 Å². The van der Waals surface area contributed by atoms with Gasteiger partial charge in [0.05, 0.1) is 6.54 Å². The lowest BCUT2D eigenvalue weighted by Crippen LogP contribution is -2.49. The molecular weight excluding hydrogens is 224 g/mol. The Morgan fingerprint density at radius 1 is 1.28 bits per heavy atom. The summed E-state index contributed by atoms with van der Waals surface area (Å²) in [7, 11) is 0. The Bertz CT molecular complexity index is 370. The number of aryl methyl sites for hydroxylation is 1. The van der Waals surface area contributed by atoms with E-state index in [1.807, 2.05) is 13.0 Å². The van der Waals surface area contributed by atoms with Gasteiger partial charge < -0.3 is 9.73 Å². The standard InChI is InChI=1S/C15H26N2O/c1-12-5-6-14(18-12)11-16-13-7-9-17(10-8-13)15(2,3)4/h5-6,13,16H,7-11H2,1-4H3. The van der Waals surface area contributed by atoms with Gasteiger partial charge in [0.1, 0.15) is 11.5 Å². The second-order valence-electron chi connectivity index (χ2n) is 6.33. The van der Waals surface area contributed by atoms with Crippen LogP contribution in [0.15, 0.2) is 16.5 Å². The minimum absolute atomic E-state index is 0.309. The summed E-state index contributed by atoms with van der Waals surface area (Å²) in [5.41, 5.74) is 0.309. The molecule has 1 aliphatic heterocycles. The summed E-state index contributed by atoms with van der Waals surface area (Å²) in [5, 5.41) is 3.60. The van der Waals surface area contributed by atoms with Gasteiger partial charge >= 0.3 is 0 Å². The van der Waals surface area contributed by atoms with E-state index in [-0.39, 0.29) is 0 Å². The van der Waals surface area contributed by atoms with Crippen molar-refractivity contribution >= 4 is 0 Å². The van der Waals surface area contributed by atoms with Gasteiger partial charge in [0.25, 0.3) is 0 Å². The first kappa shape index (κ1) is 13.6. The maximum Gasteiger partial charge on any atom is 0.117 e. The second-order valence-corrected chi connectivity index (χ2v) is 6.33. The highest BCUT2D eigenvalue weighted by Crippen LogP contribution is 2.20. The van der Waals surface area contributed by atoms with Crippen LogP contribution < -0.4 is 5.32 Å². The molecule has 0 bridgehead atoms. The average Bonchev–Trinajstić information content (AvgIpc) is 2.72. The molecule has 1 aromatic rings. The van der Waals surface area contributed by atoms with Crippen molar-refractivity contribution in [3.05, 3.63) is 23.7 Å². The Labute approximate surface area is 111 Å². The summed E-state index contributed by atoms with van der Waals surface area (Å²) in [6, 6.07) is 4.72. The molecule has 2 rings (SSSR count). The summed E-state index contributed by atoms with van der Waals surface area (Å²) >= 11 is 0. The number of likely N-dealkylation sites (tertiary alicyclic amines) is 1. The number of nitrogens with zero attached hydrogens (tertiary/aromatic N) is 1. The molecule has 3 nitrogen and oxygen atoms in total. The quantitative estimate of drug-likeness (QED) is 0.894. The predicted octanol–water partition coefficient (Wildman–Crippen LogP) is 2.94. The van der Waals surface area contributed by atoms with Crippen LogP contribution in [0.5, 0.6) is 0 Å². The predicted molar refractivity (Wildman–Crippen MR) is 74.6 cm³/mol. The van der Waals surface area contributed by atoms with Crippen molar-refractivity contribution in [1.82, 2.24) is 10.2 Å². The van der Waals surface area contributed by atoms with E-state index >= 15 is 0 Å². The van der Waals surface area contributed by atoms with Crippen molar-refractivity contribution in [3.8, 4) is 0 Å². The van der Waals surface area contributed by atoms with Crippen molar-refractivity contribution in [3.63, 3.8) is 0 Å². The van der Waals surface area contributed by atoms with E-state index in [0.717, 1.165) is 18.1 Å². The molecule has 0 spiro atoms. The molecule has 2 heterocycles. The van der Waals surface area contributed by atoms with Crippen LogP contribution in [0.3, 0.4) is 0 Å². The van der Waals surface area contributed by atoms with E-state index < -0.39 is 0 Å². The van der Waals surface area contributed by atoms with E-state index in [2.05, 4.69) is 37.1 Å². The zero-order valence-corrected chi connectivity index (χ0v) is 12.1. The summed E-state index contributed by atoms with van der Waals surface area (Å²) in [6.07, 6.45) is 2.47. The molecule has 1 fully saturated rings. The maximum absolute atomic E-state index is 5.58. The number of hydrogen-bond donors (Lipinski definition) is 1. The first-order chi connectivity index (χ1) is 8.45. The van der Waals surface area contributed by atoms with Crippen LogP contribution in [0.4, 0.5) is 0 Å². The molecular formula is C15H26N2O. The normalized spacial score (nSPS) is 19.3. The molecule has 0 unspecified atom stereocenters. The molecule has 0 saturated carbocycles. The summed E-state index contributed by atoms with van der Waals surface area (Å²) in [6.45, 7) is 12.1. The molecule has 1 aromatic heterocycles. The van der Waals surface area contributed by atoms with E-state index in [1.165, 1.54) is 25.9 Å². The fourth-order valence-corrected chi connectivity index (χ4v) is 2.58. The molecule has 0 amide bonds.